The van der Waals surface area contributed by atoms with Crippen LogP contribution in [-0.2, 0) is 4.79 Å². The van der Waals surface area contributed by atoms with Crippen molar-refractivity contribution in [2.75, 3.05) is 5.32 Å². The SMILES string of the molecule is CC(O)=C(C=Nc1ccc(F)cc1)C(=O)Nc1ccc(Cl)cc1. The third kappa shape index (κ3) is 4.93. The molecular formula is C17H14ClFN2O2. The van der Waals surface area contributed by atoms with Crippen molar-refractivity contribution in [1.29, 1.82) is 0 Å². The first kappa shape index (κ1) is 16.7. The molecule has 0 bridgehead atoms. The maximum Gasteiger partial charge on any atom is 0.260 e. The number of aliphatic hydroxyl groups excluding tert-OH is 1. The summed E-state index contributed by atoms with van der Waals surface area (Å²) in [5, 5.41) is 12.9. The summed E-state index contributed by atoms with van der Waals surface area (Å²) in [6.45, 7) is 1.38. The highest BCUT2D eigenvalue weighted by atomic mass is 35.5. The maximum absolute atomic E-state index is 12.8. The van der Waals surface area contributed by atoms with Gasteiger partial charge in [0.1, 0.15) is 11.6 Å². The van der Waals surface area contributed by atoms with Gasteiger partial charge in [-0.05, 0) is 55.5 Å². The Bertz CT molecular complexity index is 749. The van der Waals surface area contributed by atoms with Crippen molar-refractivity contribution in [2.24, 2.45) is 4.99 Å². The van der Waals surface area contributed by atoms with Gasteiger partial charge in [-0.1, -0.05) is 11.6 Å². The molecule has 0 spiro atoms. The van der Waals surface area contributed by atoms with E-state index in [1.54, 1.807) is 24.3 Å². The minimum atomic E-state index is -0.516. The largest absolute Gasteiger partial charge is 0.512 e. The summed E-state index contributed by atoms with van der Waals surface area (Å²) in [5.74, 6) is -1.07. The highest BCUT2D eigenvalue weighted by molar-refractivity contribution is 6.30. The van der Waals surface area contributed by atoms with Crippen LogP contribution in [0.4, 0.5) is 15.8 Å². The number of halogens is 2. The second kappa shape index (κ2) is 7.56. The Hall–Kier alpha value is -2.66. The molecule has 118 valence electrons. The van der Waals surface area contributed by atoms with Crippen molar-refractivity contribution in [1.82, 2.24) is 0 Å². The molecule has 0 atom stereocenters. The number of nitrogens with one attached hydrogen (secondary N) is 1. The number of aliphatic hydroxyl groups is 1. The van der Waals surface area contributed by atoms with Gasteiger partial charge >= 0.3 is 0 Å². The molecule has 2 aromatic carbocycles. The van der Waals surface area contributed by atoms with E-state index in [0.29, 0.717) is 16.4 Å². The number of rotatable bonds is 4. The smallest absolute Gasteiger partial charge is 0.260 e. The molecule has 6 heteroatoms. The van der Waals surface area contributed by atoms with Crippen molar-refractivity contribution in [3.63, 3.8) is 0 Å². The van der Waals surface area contributed by atoms with Crippen LogP contribution in [0.25, 0.3) is 0 Å². The fraction of sp³-hybridized carbons (Fsp3) is 0.0588. The number of carbonyl (C=O) groups is 1. The third-order valence-electron chi connectivity index (χ3n) is 2.91. The van der Waals surface area contributed by atoms with Gasteiger partial charge in [0.25, 0.3) is 5.91 Å². The zero-order valence-corrected chi connectivity index (χ0v) is 13.0. The molecule has 0 aliphatic rings. The van der Waals surface area contributed by atoms with E-state index in [1.807, 2.05) is 0 Å². The first-order valence-electron chi connectivity index (χ1n) is 6.72. The number of hydrogen-bond donors (Lipinski definition) is 2. The molecule has 0 heterocycles. The predicted octanol–water partition coefficient (Wildman–Crippen LogP) is 4.65. The summed E-state index contributed by atoms with van der Waals surface area (Å²) >= 11 is 5.78. The van der Waals surface area contributed by atoms with E-state index in [2.05, 4.69) is 10.3 Å². The van der Waals surface area contributed by atoms with Gasteiger partial charge in [-0.25, -0.2) is 4.39 Å². The molecule has 1 amide bonds. The molecule has 4 nitrogen and oxygen atoms in total. The minimum Gasteiger partial charge on any atom is -0.512 e. The zero-order valence-electron chi connectivity index (χ0n) is 12.3. The van der Waals surface area contributed by atoms with E-state index in [1.165, 1.54) is 37.4 Å². The van der Waals surface area contributed by atoms with Gasteiger partial charge < -0.3 is 10.4 Å². The summed E-state index contributed by atoms with van der Waals surface area (Å²) in [7, 11) is 0. The molecule has 0 saturated carbocycles. The fourth-order valence-corrected chi connectivity index (χ4v) is 1.84. The number of anilines is 1. The van der Waals surface area contributed by atoms with Crippen molar-refractivity contribution >= 4 is 35.1 Å². The Kier molecular flexibility index (Phi) is 5.49. The number of carbonyl (C=O) groups excluding carboxylic acids is 1. The molecule has 2 aromatic rings. The van der Waals surface area contributed by atoms with E-state index in [9.17, 15) is 14.3 Å². The first-order chi connectivity index (χ1) is 11.0. The summed E-state index contributed by atoms with van der Waals surface area (Å²) in [6, 6.07) is 12.0. The van der Waals surface area contributed by atoms with Crippen LogP contribution in [0.1, 0.15) is 6.92 Å². The fourth-order valence-electron chi connectivity index (χ4n) is 1.71. The molecule has 2 rings (SSSR count). The van der Waals surface area contributed by atoms with Crippen LogP contribution >= 0.6 is 11.6 Å². The Morgan fingerprint density at radius 2 is 1.78 bits per heavy atom. The zero-order chi connectivity index (χ0) is 16.8. The van der Waals surface area contributed by atoms with Crippen LogP contribution in [-0.4, -0.2) is 17.2 Å². The van der Waals surface area contributed by atoms with Crippen LogP contribution in [0.15, 0.2) is 64.9 Å². The number of aliphatic imine (C=N–C) groups is 1. The Morgan fingerprint density at radius 3 is 2.35 bits per heavy atom. The monoisotopic (exact) mass is 332 g/mol. The molecule has 23 heavy (non-hydrogen) atoms. The normalized spacial score (nSPS) is 12.1. The van der Waals surface area contributed by atoms with Crippen LogP contribution < -0.4 is 5.32 Å². The highest BCUT2D eigenvalue weighted by Crippen LogP contribution is 2.16. The standard InChI is InChI=1S/C17H14ClFN2O2/c1-11(22)16(10-20-14-8-4-13(19)5-9-14)17(23)21-15-6-2-12(18)3-7-15/h2-10,22H,1H3,(H,21,23). The molecule has 0 aliphatic carbocycles. The lowest BCUT2D eigenvalue weighted by Gasteiger charge is -2.06. The lowest BCUT2D eigenvalue weighted by Crippen LogP contribution is -2.16. The summed E-state index contributed by atoms with van der Waals surface area (Å²) in [5.41, 5.74) is 1.00. The van der Waals surface area contributed by atoms with Crippen molar-refractivity contribution in [3.8, 4) is 0 Å². The Balaban J connectivity index is 2.15. The summed E-state index contributed by atoms with van der Waals surface area (Å²) in [4.78, 5) is 16.3. The van der Waals surface area contributed by atoms with Crippen LogP contribution in [0.3, 0.4) is 0 Å². The van der Waals surface area contributed by atoms with Gasteiger partial charge in [-0.2, -0.15) is 0 Å². The lowest BCUT2D eigenvalue weighted by molar-refractivity contribution is -0.112. The quantitative estimate of drug-likeness (QED) is 0.486. The van der Waals surface area contributed by atoms with E-state index >= 15 is 0 Å². The van der Waals surface area contributed by atoms with Crippen LogP contribution in [0.5, 0.6) is 0 Å². The van der Waals surface area contributed by atoms with Crippen molar-refractivity contribution < 1.29 is 14.3 Å². The van der Waals surface area contributed by atoms with Gasteiger partial charge in [-0.15, -0.1) is 0 Å². The molecule has 0 unspecified atom stereocenters. The number of benzene rings is 2. The second-order valence-corrected chi connectivity index (χ2v) is 5.13. The molecule has 0 saturated heterocycles. The predicted molar refractivity (Wildman–Crippen MR) is 90.0 cm³/mol. The topological polar surface area (TPSA) is 61.7 Å². The van der Waals surface area contributed by atoms with Gasteiger partial charge in [0.15, 0.2) is 0 Å². The van der Waals surface area contributed by atoms with Gasteiger partial charge in [0.05, 0.1) is 11.3 Å². The van der Waals surface area contributed by atoms with E-state index < -0.39 is 5.91 Å². The van der Waals surface area contributed by atoms with E-state index in [4.69, 9.17) is 11.6 Å². The van der Waals surface area contributed by atoms with Crippen LogP contribution in [0, 0.1) is 5.82 Å². The maximum atomic E-state index is 12.8. The Labute approximate surface area is 137 Å². The van der Waals surface area contributed by atoms with E-state index in [0.717, 1.165) is 0 Å². The molecule has 2 N–H and O–H groups in total. The van der Waals surface area contributed by atoms with Gasteiger partial charge in [0.2, 0.25) is 0 Å². The molecule has 0 aromatic heterocycles. The number of hydrogen-bond acceptors (Lipinski definition) is 3. The molecule has 0 radical (unpaired) electrons. The number of amides is 1. The molecule has 0 fully saturated rings. The minimum absolute atomic E-state index is 0.00396. The lowest BCUT2D eigenvalue weighted by atomic mass is 10.2. The first-order valence-corrected chi connectivity index (χ1v) is 7.10. The second-order valence-electron chi connectivity index (χ2n) is 4.69. The molecular weight excluding hydrogens is 319 g/mol. The van der Waals surface area contributed by atoms with Gasteiger partial charge in [-0.3, -0.25) is 9.79 Å². The summed E-state index contributed by atoms with van der Waals surface area (Å²) in [6.07, 6.45) is 1.23. The highest BCUT2D eigenvalue weighted by Gasteiger charge is 2.11. The van der Waals surface area contributed by atoms with Crippen LogP contribution in [0.2, 0.25) is 5.02 Å². The average molecular weight is 333 g/mol. The number of allylic oxidation sites excluding steroid dienone is 1. The Morgan fingerprint density at radius 1 is 1.17 bits per heavy atom. The number of nitrogens with zero attached hydrogens (tertiary/aromatic N) is 1. The average Bonchev–Trinajstić information content (AvgIpc) is 2.51. The van der Waals surface area contributed by atoms with Crippen molar-refractivity contribution in [3.05, 3.63) is 70.7 Å². The summed E-state index contributed by atoms with van der Waals surface area (Å²) < 4.78 is 12.8. The van der Waals surface area contributed by atoms with Gasteiger partial charge in [0, 0.05) is 16.9 Å². The third-order valence-corrected chi connectivity index (χ3v) is 3.16. The van der Waals surface area contributed by atoms with E-state index in [-0.39, 0.29) is 17.1 Å². The van der Waals surface area contributed by atoms with Crippen molar-refractivity contribution in [2.45, 2.75) is 6.92 Å². The molecule has 0 aliphatic heterocycles.